The molecule has 1 unspecified atom stereocenters. The van der Waals surface area contributed by atoms with Crippen molar-refractivity contribution in [2.24, 2.45) is 5.92 Å². The van der Waals surface area contributed by atoms with Crippen molar-refractivity contribution in [3.63, 3.8) is 0 Å². The van der Waals surface area contributed by atoms with Crippen molar-refractivity contribution in [2.75, 3.05) is 13.1 Å². The van der Waals surface area contributed by atoms with Gasteiger partial charge in [-0.25, -0.2) is 9.67 Å². The lowest BCUT2D eigenvalue weighted by Crippen LogP contribution is -2.35. The summed E-state index contributed by atoms with van der Waals surface area (Å²) in [6.45, 7) is 11.6. The Morgan fingerprint density at radius 2 is 2.15 bits per heavy atom. The Morgan fingerprint density at radius 3 is 2.75 bits per heavy atom. The van der Waals surface area contributed by atoms with Gasteiger partial charge in [0.15, 0.2) is 5.82 Å². The first kappa shape index (κ1) is 15.4. The molecule has 1 aromatic heterocycles. The summed E-state index contributed by atoms with van der Waals surface area (Å²) < 4.78 is 1.89. The average molecular weight is 280 g/mol. The molecule has 5 heteroatoms. The van der Waals surface area contributed by atoms with Crippen LogP contribution in [0.1, 0.15) is 52.2 Å². The molecule has 0 aromatic carbocycles. The molecule has 1 atom stereocenters. The van der Waals surface area contributed by atoms with Gasteiger partial charge in [-0.15, -0.1) is 0 Å². The molecule has 0 bridgehead atoms. The molecule has 1 aromatic rings. The maximum absolute atomic E-state index is 10.0. The van der Waals surface area contributed by atoms with Crippen LogP contribution < -0.4 is 0 Å². The summed E-state index contributed by atoms with van der Waals surface area (Å²) in [4.78, 5) is 7.09. The zero-order valence-corrected chi connectivity index (χ0v) is 13.3. The standard InChI is InChI=1S/C15H28N4O/c1-5-13-16-14(19(17-13)11-15(3,4)20)10-18-8-6-7-12(2)9-18/h12,20H,5-11H2,1-4H3. The smallest absolute Gasteiger partial charge is 0.150 e. The first-order chi connectivity index (χ1) is 9.37. The van der Waals surface area contributed by atoms with Gasteiger partial charge >= 0.3 is 0 Å². The average Bonchev–Trinajstić information content (AvgIpc) is 2.69. The van der Waals surface area contributed by atoms with Gasteiger partial charge in [0.2, 0.25) is 0 Å². The fraction of sp³-hybridized carbons (Fsp3) is 0.867. The molecule has 1 aliphatic heterocycles. The summed E-state index contributed by atoms with van der Waals surface area (Å²) in [6.07, 6.45) is 3.43. The fourth-order valence-electron chi connectivity index (χ4n) is 2.82. The van der Waals surface area contributed by atoms with E-state index >= 15 is 0 Å². The third-order valence-electron chi connectivity index (χ3n) is 3.75. The number of aromatic nitrogens is 3. The molecule has 0 saturated carbocycles. The Hall–Kier alpha value is -0.940. The summed E-state index contributed by atoms with van der Waals surface area (Å²) in [5.74, 6) is 2.62. The number of rotatable bonds is 5. The Balaban J connectivity index is 2.10. The molecule has 5 nitrogen and oxygen atoms in total. The van der Waals surface area contributed by atoms with Gasteiger partial charge in [-0.1, -0.05) is 13.8 Å². The number of aryl methyl sites for hydroxylation is 1. The van der Waals surface area contributed by atoms with Crippen molar-refractivity contribution in [1.29, 1.82) is 0 Å². The summed E-state index contributed by atoms with van der Waals surface area (Å²) in [5.41, 5.74) is -0.761. The third-order valence-corrected chi connectivity index (χ3v) is 3.75. The largest absolute Gasteiger partial charge is 0.389 e. The molecule has 0 spiro atoms. The first-order valence-corrected chi connectivity index (χ1v) is 7.74. The van der Waals surface area contributed by atoms with Crippen molar-refractivity contribution in [1.82, 2.24) is 19.7 Å². The maximum Gasteiger partial charge on any atom is 0.150 e. The highest BCUT2D eigenvalue weighted by atomic mass is 16.3. The number of piperidine rings is 1. The molecule has 2 heterocycles. The molecule has 0 aliphatic carbocycles. The van der Waals surface area contributed by atoms with Crippen LogP contribution in [0.4, 0.5) is 0 Å². The highest BCUT2D eigenvalue weighted by molar-refractivity contribution is 4.95. The fourth-order valence-corrected chi connectivity index (χ4v) is 2.82. The molecule has 1 saturated heterocycles. The molecule has 20 heavy (non-hydrogen) atoms. The second-order valence-electron chi connectivity index (χ2n) is 6.75. The van der Waals surface area contributed by atoms with E-state index in [-0.39, 0.29) is 0 Å². The van der Waals surface area contributed by atoms with Gasteiger partial charge in [-0.3, -0.25) is 4.90 Å². The normalized spacial score (nSPS) is 21.4. The monoisotopic (exact) mass is 280 g/mol. The molecular weight excluding hydrogens is 252 g/mol. The van der Waals surface area contributed by atoms with E-state index in [2.05, 4.69) is 28.8 Å². The van der Waals surface area contributed by atoms with E-state index in [9.17, 15) is 5.11 Å². The lowest BCUT2D eigenvalue weighted by Gasteiger charge is -2.30. The van der Waals surface area contributed by atoms with Crippen LogP contribution in [0.5, 0.6) is 0 Å². The van der Waals surface area contributed by atoms with Crippen LogP contribution >= 0.6 is 0 Å². The van der Waals surface area contributed by atoms with E-state index in [1.807, 2.05) is 18.5 Å². The number of aliphatic hydroxyl groups is 1. The van der Waals surface area contributed by atoms with Crippen LogP contribution in [-0.2, 0) is 19.5 Å². The van der Waals surface area contributed by atoms with Gasteiger partial charge in [0.05, 0.1) is 18.7 Å². The summed E-state index contributed by atoms with van der Waals surface area (Å²) >= 11 is 0. The van der Waals surface area contributed by atoms with E-state index in [4.69, 9.17) is 0 Å². The quantitative estimate of drug-likeness (QED) is 0.894. The van der Waals surface area contributed by atoms with Crippen LogP contribution in [0.25, 0.3) is 0 Å². The molecule has 1 N–H and O–H groups in total. The van der Waals surface area contributed by atoms with Gasteiger partial charge in [-0.2, -0.15) is 5.10 Å². The number of hydrogen-bond acceptors (Lipinski definition) is 4. The zero-order chi connectivity index (χ0) is 14.8. The summed E-state index contributed by atoms with van der Waals surface area (Å²) in [7, 11) is 0. The van der Waals surface area contributed by atoms with Crippen molar-refractivity contribution in [3.8, 4) is 0 Å². The minimum Gasteiger partial charge on any atom is -0.389 e. The first-order valence-electron chi connectivity index (χ1n) is 7.74. The lowest BCUT2D eigenvalue weighted by atomic mass is 10.0. The molecule has 0 amide bonds. The summed E-state index contributed by atoms with van der Waals surface area (Å²) in [5, 5.41) is 14.5. The Kier molecular flexibility index (Phi) is 4.81. The van der Waals surface area contributed by atoms with Gasteiger partial charge in [-0.05, 0) is 39.2 Å². The molecule has 0 radical (unpaired) electrons. The van der Waals surface area contributed by atoms with Crippen LogP contribution in [0, 0.1) is 5.92 Å². The maximum atomic E-state index is 10.0. The van der Waals surface area contributed by atoms with Gasteiger partial charge in [0.1, 0.15) is 5.82 Å². The SMILES string of the molecule is CCc1nc(CN2CCCC(C)C2)n(CC(C)(C)O)n1. The van der Waals surface area contributed by atoms with Crippen molar-refractivity contribution < 1.29 is 5.11 Å². The molecule has 1 aliphatic rings. The minimum atomic E-state index is -0.761. The molecule has 1 fully saturated rings. The van der Waals surface area contributed by atoms with Crippen LogP contribution in [0.15, 0.2) is 0 Å². The summed E-state index contributed by atoms with van der Waals surface area (Å²) in [6, 6.07) is 0. The van der Waals surface area contributed by atoms with Crippen LogP contribution in [-0.4, -0.2) is 43.5 Å². The van der Waals surface area contributed by atoms with Crippen molar-refractivity contribution >= 4 is 0 Å². The minimum absolute atomic E-state index is 0.499. The van der Waals surface area contributed by atoms with Crippen LogP contribution in [0.2, 0.25) is 0 Å². The highest BCUT2D eigenvalue weighted by Crippen LogP contribution is 2.18. The molecule has 114 valence electrons. The predicted octanol–water partition coefficient (Wildman–Crippen LogP) is 1.84. The van der Waals surface area contributed by atoms with E-state index in [0.717, 1.165) is 43.6 Å². The number of likely N-dealkylation sites (tertiary alicyclic amines) is 1. The number of nitrogens with zero attached hydrogens (tertiary/aromatic N) is 4. The second-order valence-corrected chi connectivity index (χ2v) is 6.75. The van der Waals surface area contributed by atoms with E-state index in [0.29, 0.717) is 6.54 Å². The topological polar surface area (TPSA) is 54.2 Å². The Labute approximate surface area is 122 Å². The van der Waals surface area contributed by atoms with E-state index in [1.54, 1.807) is 0 Å². The molecular formula is C15H28N4O. The third kappa shape index (κ3) is 4.28. The second kappa shape index (κ2) is 6.22. The predicted molar refractivity (Wildman–Crippen MR) is 79.4 cm³/mol. The van der Waals surface area contributed by atoms with Gasteiger partial charge < -0.3 is 5.11 Å². The van der Waals surface area contributed by atoms with E-state index in [1.165, 1.54) is 12.8 Å². The van der Waals surface area contributed by atoms with Gasteiger partial charge in [0.25, 0.3) is 0 Å². The number of hydrogen-bond donors (Lipinski definition) is 1. The lowest BCUT2D eigenvalue weighted by molar-refractivity contribution is 0.0550. The van der Waals surface area contributed by atoms with Crippen LogP contribution in [0.3, 0.4) is 0 Å². The Morgan fingerprint density at radius 1 is 1.40 bits per heavy atom. The Bertz CT molecular complexity index is 436. The van der Waals surface area contributed by atoms with Crippen molar-refractivity contribution in [3.05, 3.63) is 11.6 Å². The van der Waals surface area contributed by atoms with E-state index < -0.39 is 5.60 Å². The molecule has 2 rings (SSSR count). The van der Waals surface area contributed by atoms with Crippen molar-refractivity contribution in [2.45, 2.75) is 65.6 Å². The highest BCUT2D eigenvalue weighted by Gasteiger charge is 2.22. The van der Waals surface area contributed by atoms with Gasteiger partial charge in [0, 0.05) is 13.0 Å². The zero-order valence-electron chi connectivity index (χ0n) is 13.3.